The summed E-state index contributed by atoms with van der Waals surface area (Å²) in [7, 11) is 0. The number of carbonyl (C=O) groups is 1. The smallest absolute Gasteiger partial charge is 0.336 e. The van der Waals surface area contributed by atoms with Gasteiger partial charge in [-0.2, -0.15) is 0 Å². The minimum atomic E-state index is -0.928. The first-order chi connectivity index (χ1) is 9.63. The number of thiophene rings is 1. The number of halogens is 1. The van der Waals surface area contributed by atoms with Crippen molar-refractivity contribution in [2.75, 3.05) is 0 Å². The maximum atomic E-state index is 10.9. The molecule has 0 spiro atoms. The van der Waals surface area contributed by atoms with E-state index < -0.39 is 5.97 Å². The summed E-state index contributed by atoms with van der Waals surface area (Å²) in [4.78, 5) is 20.4. The highest BCUT2D eigenvalue weighted by atomic mass is 35.5. The fourth-order valence-corrected chi connectivity index (χ4v) is 3.41. The highest BCUT2D eigenvalue weighted by Crippen LogP contribution is 2.31. The Hall–Kier alpha value is -1.76. The Morgan fingerprint density at radius 2 is 2.05 bits per heavy atom. The average Bonchev–Trinajstić information content (AvgIpc) is 3.08. The average molecular weight is 323 g/mol. The topological polar surface area (TPSA) is 63.1 Å². The van der Waals surface area contributed by atoms with Crippen molar-refractivity contribution >= 4 is 40.2 Å². The van der Waals surface area contributed by atoms with Gasteiger partial charge in [0.2, 0.25) is 0 Å². The van der Waals surface area contributed by atoms with Gasteiger partial charge in [0.15, 0.2) is 0 Å². The van der Waals surface area contributed by atoms with Crippen LogP contribution in [0, 0.1) is 0 Å². The molecule has 7 heteroatoms. The van der Waals surface area contributed by atoms with E-state index in [1.165, 1.54) is 22.7 Å². The molecule has 0 bridgehead atoms. The SMILES string of the molecule is O=C(O)c1csc(-c2csc(-c3ccc(Cl)cn3)n2)c1. The molecule has 0 amide bonds. The van der Waals surface area contributed by atoms with Crippen LogP contribution in [-0.2, 0) is 0 Å². The number of carboxylic acids is 1. The van der Waals surface area contributed by atoms with E-state index in [0.717, 1.165) is 21.3 Å². The predicted octanol–water partition coefficient (Wildman–Crippen LogP) is 4.29. The standard InChI is InChI=1S/C13H7ClN2O2S2/c14-8-1-2-9(15-4-8)12-16-10(6-20-12)11-3-7(5-19-11)13(17)18/h1-6H,(H,17,18). The number of hydrogen-bond acceptors (Lipinski definition) is 5. The number of aromatic carboxylic acids is 1. The maximum Gasteiger partial charge on any atom is 0.336 e. The lowest BCUT2D eigenvalue weighted by molar-refractivity contribution is 0.0697. The van der Waals surface area contributed by atoms with Crippen molar-refractivity contribution in [2.45, 2.75) is 0 Å². The summed E-state index contributed by atoms with van der Waals surface area (Å²) in [5, 5.41) is 13.8. The van der Waals surface area contributed by atoms with Gasteiger partial charge in [0.05, 0.1) is 26.9 Å². The van der Waals surface area contributed by atoms with E-state index in [-0.39, 0.29) is 5.56 Å². The summed E-state index contributed by atoms with van der Waals surface area (Å²) in [5.74, 6) is -0.928. The molecule has 4 nitrogen and oxygen atoms in total. The van der Waals surface area contributed by atoms with Gasteiger partial charge < -0.3 is 5.11 Å². The van der Waals surface area contributed by atoms with E-state index >= 15 is 0 Å². The number of carboxylic acid groups (broad SMARTS) is 1. The third-order valence-electron chi connectivity index (χ3n) is 2.55. The second-order valence-corrected chi connectivity index (χ2v) is 6.11. The lowest BCUT2D eigenvalue weighted by Crippen LogP contribution is -1.91. The molecule has 3 heterocycles. The van der Waals surface area contributed by atoms with Crippen molar-refractivity contribution in [3.8, 4) is 21.3 Å². The van der Waals surface area contributed by atoms with Gasteiger partial charge >= 0.3 is 5.97 Å². The monoisotopic (exact) mass is 322 g/mol. The molecule has 0 aromatic carbocycles. The van der Waals surface area contributed by atoms with E-state index in [0.29, 0.717) is 5.02 Å². The van der Waals surface area contributed by atoms with Gasteiger partial charge in [-0.3, -0.25) is 4.98 Å². The Morgan fingerprint density at radius 1 is 1.20 bits per heavy atom. The lowest BCUT2D eigenvalue weighted by Gasteiger charge is -1.94. The van der Waals surface area contributed by atoms with Crippen molar-refractivity contribution in [1.82, 2.24) is 9.97 Å². The normalized spacial score (nSPS) is 10.7. The lowest BCUT2D eigenvalue weighted by atomic mass is 10.3. The summed E-state index contributed by atoms with van der Waals surface area (Å²) in [6.07, 6.45) is 1.58. The number of pyridine rings is 1. The second kappa shape index (κ2) is 5.32. The molecule has 1 N–H and O–H groups in total. The van der Waals surface area contributed by atoms with Gasteiger partial charge in [-0.1, -0.05) is 11.6 Å². The summed E-state index contributed by atoms with van der Waals surface area (Å²) in [6.45, 7) is 0. The molecule has 0 aliphatic rings. The van der Waals surface area contributed by atoms with E-state index in [4.69, 9.17) is 16.7 Å². The third kappa shape index (κ3) is 2.58. The van der Waals surface area contributed by atoms with Crippen molar-refractivity contribution < 1.29 is 9.90 Å². The molecule has 0 radical (unpaired) electrons. The molecule has 100 valence electrons. The number of thiazole rings is 1. The molecule has 3 rings (SSSR count). The molecule has 20 heavy (non-hydrogen) atoms. The van der Waals surface area contributed by atoms with Gasteiger partial charge in [0, 0.05) is 17.0 Å². The first-order valence-electron chi connectivity index (χ1n) is 5.53. The van der Waals surface area contributed by atoms with Crippen LogP contribution in [0.15, 0.2) is 35.2 Å². The van der Waals surface area contributed by atoms with Crippen LogP contribution in [0.4, 0.5) is 0 Å². The zero-order valence-corrected chi connectivity index (χ0v) is 12.3. The van der Waals surface area contributed by atoms with E-state index in [9.17, 15) is 4.79 Å². The molecule has 0 aliphatic carbocycles. The van der Waals surface area contributed by atoms with Crippen LogP contribution in [0.5, 0.6) is 0 Å². The highest BCUT2D eigenvalue weighted by Gasteiger charge is 2.12. The molecule has 0 atom stereocenters. The zero-order chi connectivity index (χ0) is 14.1. The third-order valence-corrected chi connectivity index (χ3v) is 4.59. The minimum absolute atomic E-state index is 0.282. The molecule has 0 fully saturated rings. The van der Waals surface area contributed by atoms with Gasteiger partial charge in [0.25, 0.3) is 0 Å². The molecule has 0 saturated carbocycles. The molecule has 0 aliphatic heterocycles. The van der Waals surface area contributed by atoms with Crippen LogP contribution in [0.2, 0.25) is 5.02 Å². The van der Waals surface area contributed by atoms with Gasteiger partial charge in [0.1, 0.15) is 5.01 Å². The largest absolute Gasteiger partial charge is 0.478 e. The second-order valence-electron chi connectivity index (χ2n) is 3.90. The number of nitrogens with zero attached hydrogens (tertiary/aromatic N) is 2. The van der Waals surface area contributed by atoms with Crippen molar-refractivity contribution in [2.24, 2.45) is 0 Å². The Kier molecular flexibility index (Phi) is 3.52. The van der Waals surface area contributed by atoms with E-state index in [2.05, 4.69) is 9.97 Å². The number of hydrogen-bond donors (Lipinski definition) is 1. The van der Waals surface area contributed by atoms with E-state index in [1.54, 1.807) is 23.7 Å². The van der Waals surface area contributed by atoms with Crippen LogP contribution in [0.3, 0.4) is 0 Å². The maximum absolute atomic E-state index is 10.9. The van der Waals surface area contributed by atoms with Gasteiger partial charge in [-0.05, 0) is 18.2 Å². The molecular formula is C13H7ClN2O2S2. The van der Waals surface area contributed by atoms with E-state index in [1.807, 2.05) is 11.4 Å². The Labute approximate surface area is 127 Å². The first kappa shape index (κ1) is 13.2. The number of aromatic nitrogens is 2. The van der Waals surface area contributed by atoms with Crippen LogP contribution in [0.1, 0.15) is 10.4 Å². The summed E-state index contributed by atoms with van der Waals surface area (Å²) in [6, 6.07) is 5.20. The molecule has 3 aromatic rings. The Bertz CT molecular complexity index is 765. The summed E-state index contributed by atoms with van der Waals surface area (Å²) in [5.41, 5.74) is 1.80. The van der Waals surface area contributed by atoms with Crippen molar-refractivity contribution in [1.29, 1.82) is 0 Å². The van der Waals surface area contributed by atoms with Crippen LogP contribution in [-0.4, -0.2) is 21.0 Å². The van der Waals surface area contributed by atoms with Gasteiger partial charge in [-0.15, -0.1) is 22.7 Å². The predicted molar refractivity (Wildman–Crippen MR) is 80.6 cm³/mol. The Morgan fingerprint density at radius 3 is 2.70 bits per heavy atom. The number of rotatable bonds is 3. The van der Waals surface area contributed by atoms with Crippen LogP contribution >= 0.6 is 34.3 Å². The minimum Gasteiger partial charge on any atom is -0.478 e. The highest BCUT2D eigenvalue weighted by molar-refractivity contribution is 7.15. The molecule has 0 unspecified atom stereocenters. The molecule has 3 aromatic heterocycles. The fraction of sp³-hybridized carbons (Fsp3) is 0. The quantitative estimate of drug-likeness (QED) is 0.781. The first-order valence-corrected chi connectivity index (χ1v) is 7.67. The fourth-order valence-electron chi connectivity index (χ4n) is 1.59. The van der Waals surface area contributed by atoms with Gasteiger partial charge in [-0.25, -0.2) is 9.78 Å². The molecule has 0 saturated heterocycles. The Balaban J connectivity index is 1.93. The van der Waals surface area contributed by atoms with Crippen molar-refractivity contribution in [3.05, 3.63) is 45.7 Å². The van der Waals surface area contributed by atoms with Crippen molar-refractivity contribution in [3.63, 3.8) is 0 Å². The van der Waals surface area contributed by atoms with Crippen LogP contribution in [0.25, 0.3) is 21.3 Å². The zero-order valence-electron chi connectivity index (χ0n) is 9.91. The summed E-state index contributed by atoms with van der Waals surface area (Å²) >= 11 is 8.63. The molecular weight excluding hydrogens is 316 g/mol. The summed E-state index contributed by atoms with van der Waals surface area (Å²) < 4.78 is 0. The van der Waals surface area contributed by atoms with Crippen LogP contribution < -0.4 is 0 Å².